The maximum atomic E-state index is 11.8. The third-order valence-electron chi connectivity index (χ3n) is 2.77. The summed E-state index contributed by atoms with van der Waals surface area (Å²) < 4.78 is 1.62. The summed E-state index contributed by atoms with van der Waals surface area (Å²) in [7, 11) is 1.77. The molecule has 3 heteroatoms. The van der Waals surface area contributed by atoms with Gasteiger partial charge in [0.15, 0.2) is 0 Å². The highest BCUT2D eigenvalue weighted by atomic mass is 16.1. The first-order chi connectivity index (χ1) is 8.22. The Hall–Kier alpha value is -1.90. The van der Waals surface area contributed by atoms with Crippen molar-refractivity contribution in [1.82, 2.24) is 9.55 Å². The van der Waals surface area contributed by atoms with Crippen LogP contribution in [0.3, 0.4) is 0 Å². The van der Waals surface area contributed by atoms with Gasteiger partial charge in [0.05, 0.1) is 5.69 Å². The van der Waals surface area contributed by atoms with Gasteiger partial charge in [-0.1, -0.05) is 37.3 Å². The number of rotatable bonds is 3. The molecule has 0 saturated heterocycles. The molecule has 0 aliphatic heterocycles. The summed E-state index contributed by atoms with van der Waals surface area (Å²) in [5.74, 6) is 0.846. The van der Waals surface area contributed by atoms with Gasteiger partial charge in [0, 0.05) is 25.1 Å². The maximum absolute atomic E-state index is 11.8. The van der Waals surface area contributed by atoms with E-state index in [1.54, 1.807) is 17.7 Å². The second-order valence-corrected chi connectivity index (χ2v) is 4.07. The molecule has 17 heavy (non-hydrogen) atoms. The van der Waals surface area contributed by atoms with E-state index in [9.17, 15) is 4.79 Å². The summed E-state index contributed by atoms with van der Waals surface area (Å²) in [5.41, 5.74) is 1.75. The molecule has 0 aliphatic rings. The van der Waals surface area contributed by atoms with Crippen molar-refractivity contribution < 1.29 is 0 Å². The molecule has 0 atom stereocenters. The van der Waals surface area contributed by atoms with Gasteiger partial charge in [-0.2, -0.15) is 0 Å². The van der Waals surface area contributed by atoms with Crippen LogP contribution >= 0.6 is 0 Å². The van der Waals surface area contributed by atoms with Crippen LogP contribution in [0.15, 0.2) is 41.2 Å². The molecule has 0 saturated carbocycles. The van der Waals surface area contributed by atoms with Gasteiger partial charge >= 0.3 is 0 Å². The van der Waals surface area contributed by atoms with Crippen LogP contribution < -0.4 is 5.56 Å². The summed E-state index contributed by atoms with van der Waals surface area (Å²) in [4.78, 5) is 16.4. The normalized spacial score (nSPS) is 10.5. The van der Waals surface area contributed by atoms with Crippen molar-refractivity contribution in [2.75, 3.05) is 0 Å². The van der Waals surface area contributed by atoms with E-state index in [1.165, 1.54) is 0 Å². The Labute approximate surface area is 101 Å². The van der Waals surface area contributed by atoms with Crippen LogP contribution in [0.2, 0.25) is 0 Å². The zero-order chi connectivity index (χ0) is 12.3. The molecule has 88 valence electrons. The average Bonchev–Trinajstić information content (AvgIpc) is 2.36. The molecular formula is C14H16N2O. The molecule has 1 heterocycles. The van der Waals surface area contributed by atoms with Gasteiger partial charge in [-0.25, -0.2) is 4.98 Å². The zero-order valence-corrected chi connectivity index (χ0v) is 10.2. The van der Waals surface area contributed by atoms with Gasteiger partial charge < -0.3 is 0 Å². The number of aromatic nitrogens is 2. The van der Waals surface area contributed by atoms with Crippen LogP contribution in [-0.4, -0.2) is 9.55 Å². The van der Waals surface area contributed by atoms with E-state index in [-0.39, 0.29) is 5.56 Å². The molecule has 0 unspecified atom stereocenters. The predicted octanol–water partition coefficient (Wildman–Crippen LogP) is 2.40. The number of hydrogen-bond donors (Lipinski definition) is 0. The lowest BCUT2D eigenvalue weighted by Gasteiger charge is -2.08. The summed E-state index contributed by atoms with van der Waals surface area (Å²) in [5, 5.41) is 0. The highest BCUT2D eigenvalue weighted by Gasteiger charge is 2.06. The first kappa shape index (κ1) is 11.6. The lowest BCUT2D eigenvalue weighted by Crippen LogP contribution is -2.21. The lowest BCUT2D eigenvalue weighted by atomic mass is 10.1. The second kappa shape index (κ2) is 4.95. The molecular weight excluding hydrogens is 212 g/mol. The van der Waals surface area contributed by atoms with Crippen LogP contribution in [0.25, 0.3) is 11.3 Å². The Morgan fingerprint density at radius 1 is 1.24 bits per heavy atom. The first-order valence-electron chi connectivity index (χ1n) is 5.84. The largest absolute Gasteiger partial charge is 0.300 e. The quantitative estimate of drug-likeness (QED) is 0.808. The Morgan fingerprint density at radius 3 is 2.59 bits per heavy atom. The Bertz CT molecular complexity index is 558. The Morgan fingerprint density at radius 2 is 1.94 bits per heavy atom. The molecule has 0 aliphatic carbocycles. The van der Waals surface area contributed by atoms with Gasteiger partial charge in [-0.3, -0.25) is 9.36 Å². The highest BCUT2D eigenvalue weighted by molar-refractivity contribution is 5.58. The van der Waals surface area contributed by atoms with Gasteiger partial charge in [-0.15, -0.1) is 0 Å². The zero-order valence-electron chi connectivity index (χ0n) is 10.2. The smallest absolute Gasteiger partial charge is 0.253 e. The lowest BCUT2D eigenvalue weighted by molar-refractivity contribution is 0.706. The van der Waals surface area contributed by atoms with E-state index in [2.05, 4.69) is 11.9 Å². The third kappa shape index (κ3) is 2.44. The second-order valence-electron chi connectivity index (χ2n) is 4.07. The fourth-order valence-electron chi connectivity index (χ4n) is 1.79. The molecule has 2 rings (SSSR count). The van der Waals surface area contributed by atoms with Gasteiger partial charge in [0.1, 0.15) is 5.82 Å². The molecule has 0 bridgehead atoms. The summed E-state index contributed by atoms with van der Waals surface area (Å²) in [6.45, 7) is 2.08. The van der Waals surface area contributed by atoms with Crippen molar-refractivity contribution in [1.29, 1.82) is 0 Å². The standard InChI is InChI=1S/C14H16N2O/c1-3-7-13-15-12(10-14(17)16(13)2)11-8-5-4-6-9-11/h4-6,8-10H,3,7H2,1-2H3. The van der Waals surface area contributed by atoms with E-state index >= 15 is 0 Å². The van der Waals surface area contributed by atoms with Crippen LogP contribution in [0.4, 0.5) is 0 Å². The predicted molar refractivity (Wildman–Crippen MR) is 68.9 cm³/mol. The number of nitrogens with zero attached hydrogens (tertiary/aromatic N) is 2. The van der Waals surface area contributed by atoms with Gasteiger partial charge in [0.25, 0.3) is 5.56 Å². The molecule has 1 aromatic heterocycles. The average molecular weight is 228 g/mol. The minimum absolute atomic E-state index is 0.00213. The van der Waals surface area contributed by atoms with Crippen molar-refractivity contribution >= 4 is 0 Å². The minimum Gasteiger partial charge on any atom is -0.300 e. The fourth-order valence-corrected chi connectivity index (χ4v) is 1.79. The van der Waals surface area contributed by atoms with Gasteiger partial charge in [0.2, 0.25) is 0 Å². The first-order valence-corrected chi connectivity index (χ1v) is 5.84. The third-order valence-corrected chi connectivity index (χ3v) is 2.77. The summed E-state index contributed by atoms with van der Waals surface area (Å²) >= 11 is 0. The Balaban J connectivity index is 2.53. The molecule has 2 aromatic rings. The maximum Gasteiger partial charge on any atom is 0.253 e. The molecule has 0 spiro atoms. The molecule has 3 nitrogen and oxygen atoms in total. The van der Waals surface area contributed by atoms with Crippen molar-refractivity contribution in [2.24, 2.45) is 7.05 Å². The fraction of sp³-hybridized carbons (Fsp3) is 0.286. The van der Waals surface area contributed by atoms with E-state index in [1.807, 2.05) is 30.3 Å². The summed E-state index contributed by atoms with van der Waals surface area (Å²) in [6.07, 6.45) is 1.81. The number of hydrogen-bond acceptors (Lipinski definition) is 2. The highest BCUT2D eigenvalue weighted by Crippen LogP contribution is 2.14. The van der Waals surface area contributed by atoms with Crippen molar-refractivity contribution in [2.45, 2.75) is 19.8 Å². The molecule has 1 aromatic carbocycles. The van der Waals surface area contributed by atoms with Crippen LogP contribution in [-0.2, 0) is 13.5 Å². The van der Waals surface area contributed by atoms with Crippen LogP contribution in [0.5, 0.6) is 0 Å². The topological polar surface area (TPSA) is 34.9 Å². The number of aryl methyl sites for hydroxylation is 1. The SMILES string of the molecule is CCCc1nc(-c2ccccc2)cc(=O)n1C. The molecule has 0 amide bonds. The van der Waals surface area contributed by atoms with E-state index in [0.717, 1.165) is 29.9 Å². The van der Waals surface area contributed by atoms with Crippen LogP contribution in [0.1, 0.15) is 19.2 Å². The molecule has 0 fully saturated rings. The van der Waals surface area contributed by atoms with E-state index in [4.69, 9.17) is 0 Å². The van der Waals surface area contributed by atoms with E-state index in [0.29, 0.717) is 0 Å². The van der Waals surface area contributed by atoms with Gasteiger partial charge in [-0.05, 0) is 6.42 Å². The van der Waals surface area contributed by atoms with E-state index < -0.39 is 0 Å². The summed E-state index contributed by atoms with van der Waals surface area (Å²) in [6, 6.07) is 11.4. The Kier molecular flexibility index (Phi) is 3.38. The monoisotopic (exact) mass is 228 g/mol. The number of benzene rings is 1. The van der Waals surface area contributed by atoms with Crippen molar-refractivity contribution in [3.63, 3.8) is 0 Å². The minimum atomic E-state index is 0.00213. The molecule has 0 N–H and O–H groups in total. The van der Waals surface area contributed by atoms with Crippen molar-refractivity contribution in [3.05, 3.63) is 52.6 Å². The molecule has 0 radical (unpaired) electrons. The van der Waals surface area contributed by atoms with Crippen LogP contribution in [0, 0.1) is 0 Å². The van der Waals surface area contributed by atoms with Crippen molar-refractivity contribution in [3.8, 4) is 11.3 Å².